The molecule has 1 aliphatic heterocycles. The molecule has 2 aromatic carbocycles. The summed E-state index contributed by atoms with van der Waals surface area (Å²) in [6, 6.07) is 15.9. The van der Waals surface area contributed by atoms with Crippen LogP contribution in [0.5, 0.6) is 0 Å². The summed E-state index contributed by atoms with van der Waals surface area (Å²) < 4.78 is 0. The molecular formula is C21H25N3O. The molecule has 2 amide bonds. The van der Waals surface area contributed by atoms with Gasteiger partial charge < -0.3 is 15.5 Å². The fraction of sp³-hybridized carbons (Fsp3) is 0.286. The molecule has 2 aromatic rings. The largest absolute Gasteiger partial charge is 0.372 e. The van der Waals surface area contributed by atoms with Gasteiger partial charge in [-0.1, -0.05) is 29.8 Å². The molecule has 4 nitrogen and oxygen atoms in total. The molecule has 2 N–H and O–H groups in total. The maximum absolute atomic E-state index is 12.0. The van der Waals surface area contributed by atoms with E-state index in [1.54, 1.807) is 6.20 Å². The third-order valence-electron chi connectivity index (χ3n) is 4.38. The number of rotatable bonds is 4. The molecular weight excluding hydrogens is 310 g/mol. The van der Waals surface area contributed by atoms with Gasteiger partial charge in [0.1, 0.15) is 0 Å². The first kappa shape index (κ1) is 17.1. The number of urea groups is 1. The van der Waals surface area contributed by atoms with Crippen LogP contribution in [0.4, 0.5) is 16.2 Å². The van der Waals surface area contributed by atoms with Crippen LogP contribution < -0.4 is 15.5 Å². The van der Waals surface area contributed by atoms with E-state index in [0.717, 1.165) is 24.3 Å². The highest BCUT2D eigenvalue weighted by Crippen LogP contribution is 2.21. The van der Waals surface area contributed by atoms with E-state index in [1.807, 2.05) is 43.3 Å². The third kappa shape index (κ3) is 5.11. The minimum absolute atomic E-state index is 0.241. The van der Waals surface area contributed by atoms with Crippen molar-refractivity contribution in [1.29, 1.82) is 0 Å². The Morgan fingerprint density at radius 3 is 2.52 bits per heavy atom. The number of benzene rings is 2. The zero-order chi connectivity index (χ0) is 17.5. The molecule has 0 radical (unpaired) electrons. The minimum Gasteiger partial charge on any atom is -0.372 e. The minimum atomic E-state index is -0.241. The Kier molecular flexibility index (Phi) is 5.73. The number of carbonyl (C=O) groups is 1. The second-order valence-electron chi connectivity index (χ2n) is 6.44. The van der Waals surface area contributed by atoms with Crippen LogP contribution >= 0.6 is 0 Å². The van der Waals surface area contributed by atoms with Crippen molar-refractivity contribution < 1.29 is 4.79 Å². The van der Waals surface area contributed by atoms with Crippen molar-refractivity contribution in [3.63, 3.8) is 0 Å². The molecule has 0 saturated carbocycles. The highest BCUT2D eigenvalue weighted by molar-refractivity contribution is 5.90. The first-order valence-corrected chi connectivity index (χ1v) is 8.86. The molecule has 0 bridgehead atoms. The Labute approximate surface area is 149 Å². The Morgan fingerprint density at radius 1 is 1.04 bits per heavy atom. The Morgan fingerprint density at radius 2 is 1.80 bits per heavy atom. The van der Waals surface area contributed by atoms with Gasteiger partial charge in [-0.2, -0.15) is 0 Å². The number of nitrogens with one attached hydrogen (secondary N) is 2. The van der Waals surface area contributed by atoms with Gasteiger partial charge >= 0.3 is 6.03 Å². The van der Waals surface area contributed by atoms with Crippen molar-refractivity contribution in [2.75, 3.05) is 23.3 Å². The van der Waals surface area contributed by atoms with Crippen LogP contribution in [0.25, 0.3) is 6.08 Å². The van der Waals surface area contributed by atoms with Gasteiger partial charge in [-0.3, -0.25) is 0 Å². The van der Waals surface area contributed by atoms with Crippen LogP contribution in [0.15, 0.2) is 54.7 Å². The van der Waals surface area contributed by atoms with Crippen LogP contribution in [0.2, 0.25) is 0 Å². The van der Waals surface area contributed by atoms with Crippen LogP contribution in [0.1, 0.15) is 30.4 Å². The summed E-state index contributed by atoms with van der Waals surface area (Å²) in [6.07, 6.45) is 7.38. The lowest BCUT2D eigenvalue weighted by Crippen LogP contribution is -2.29. The summed E-state index contributed by atoms with van der Waals surface area (Å²) in [4.78, 5) is 14.4. The molecule has 1 fully saturated rings. The molecule has 1 saturated heterocycles. The quantitative estimate of drug-likeness (QED) is 0.844. The van der Waals surface area contributed by atoms with Crippen molar-refractivity contribution in [1.82, 2.24) is 5.32 Å². The van der Waals surface area contributed by atoms with Crippen LogP contribution in [0.3, 0.4) is 0 Å². The lowest BCUT2D eigenvalue weighted by Gasteiger charge is -2.28. The maximum Gasteiger partial charge on any atom is 0.323 e. The van der Waals surface area contributed by atoms with Gasteiger partial charge in [0.05, 0.1) is 0 Å². The first-order valence-electron chi connectivity index (χ1n) is 8.86. The molecule has 130 valence electrons. The molecule has 0 spiro atoms. The second-order valence-corrected chi connectivity index (χ2v) is 6.44. The standard InChI is InChI=1S/C21H25N3O/c1-17-6-5-7-18(16-17)12-13-22-21(25)23-19-8-10-20(11-9-19)24-14-3-2-4-15-24/h5-13,16H,2-4,14-15H2,1H3,(H2,22,23,25)/b13-12+. The van der Waals surface area contributed by atoms with Crippen molar-refractivity contribution in [3.05, 3.63) is 65.9 Å². The summed E-state index contributed by atoms with van der Waals surface area (Å²) >= 11 is 0. The third-order valence-corrected chi connectivity index (χ3v) is 4.38. The van der Waals surface area contributed by atoms with Gasteiger partial charge in [0.15, 0.2) is 0 Å². The van der Waals surface area contributed by atoms with Gasteiger partial charge in [0, 0.05) is 30.7 Å². The van der Waals surface area contributed by atoms with E-state index in [4.69, 9.17) is 0 Å². The predicted octanol–water partition coefficient (Wildman–Crippen LogP) is 4.78. The number of aryl methyl sites for hydroxylation is 1. The zero-order valence-corrected chi connectivity index (χ0v) is 14.7. The molecule has 0 aromatic heterocycles. The number of hydrogen-bond donors (Lipinski definition) is 2. The smallest absolute Gasteiger partial charge is 0.323 e. The highest BCUT2D eigenvalue weighted by Gasteiger charge is 2.10. The molecule has 0 atom stereocenters. The van der Waals surface area contributed by atoms with E-state index in [9.17, 15) is 4.79 Å². The lowest BCUT2D eigenvalue weighted by molar-refractivity contribution is 0.255. The van der Waals surface area contributed by atoms with Crippen molar-refractivity contribution in [2.24, 2.45) is 0 Å². The van der Waals surface area contributed by atoms with E-state index in [2.05, 4.69) is 33.7 Å². The van der Waals surface area contributed by atoms with Crippen molar-refractivity contribution in [3.8, 4) is 0 Å². The molecule has 0 aliphatic carbocycles. The fourth-order valence-electron chi connectivity index (χ4n) is 3.06. The molecule has 3 rings (SSSR count). The Bertz CT molecular complexity index is 731. The van der Waals surface area contributed by atoms with Crippen LogP contribution in [0, 0.1) is 6.92 Å². The fourth-order valence-corrected chi connectivity index (χ4v) is 3.06. The van der Waals surface area contributed by atoms with Gasteiger partial charge in [0.2, 0.25) is 0 Å². The number of piperidine rings is 1. The summed E-state index contributed by atoms with van der Waals surface area (Å²) in [5.41, 5.74) is 4.28. The van der Waals surface area contributed by atoms with Crippen LogP contribution in [-0.4, -0.2) is 19.1 Å². The normalized spacial score (nSPS) is 14.5. The van der Waals surface area contributed by atoms with Gasteiger partial charge in [-0.25, -0.2) is 4.79 Å². The van der Waals surface area contributed by atoms with Gasteiger partial charge in [-0.15, -0.1) is 0 Å². The van der Waals surface area contributed by atoms with E-state index in [-0.39, 0.29) is 6.03 Å². The van der Waals surface area contributed by atoms with Crippen molar-refractivity contribution in [2.45, 2.75) is 26.2 Å². The van der Waals surface area contributed by atoms with E-state index >= 15 is 0 Å². The Hall–Kier alpha value is -2.75. The molecule has 25 heavy (non-hydrogen) atoms. The SMILES string of the molecule is Cc1cccc(/C=C/NC(=O)Nc2ccc(N3CCCCC3)cc2)c1. The lowest BCUT2D eigenvalue weighted by atomic mass is 10.1. The number of nitrogens with zero attached hydrogens (tertiary/aromatic N) is 1. The maximum atomic E-state index is 12.0. The zero-order valence-electron chi connectivity index (χ0n) is 14.7. The predicted molar refractivity (Wildman–Crippen MR) is 105 cm³/mol. The molecule has 1 heterocycles. The Balaban J connectivity index is 1.50. The van der Waals surface area contributed by atoms with E-state index < -0.39 is 0 Å². The topological polar surface area (TPSA) is 44.4 Å². The second kappa shape index (κ2) is 8.38. The molecule has 0 unspecified atom stereocenters. The van der Waals surface area contributed by atoms with E-state index in [1.165, 1.54) is 30.5 Å². The number of anilines is 2. The number of hydrogen-bond acceptors (Lipinski definition) is 2. The summed E-state index contributed by atoms with van der Waals surface area (Å²) in [5, 5.41) is 5.59. The summed E-state index contributed by atoms with van der Waals surface area (Å²) in [5.74, 6) is 0. The summed E-state index contributed by atoms with van der Waals surface area (Å²) in [7, 11) is 0. The number of carbonyl (C=O) groups excluding carboxylic acids is 1. The molecule has 1 aliphatic rings. The van der Waals surface area contributed by atoms with E-state index in [0.29, 0.717) is 0 Å². The van der Waals surface area contributed by atoms with Crippen molar-refractivity contribution >= 4 is 23.5 Å². The monoisotopic (exact) mass is 335 g/mol. The number of amides is 2. The van der Waals surface area contributed by atoms with Gasteiger partial charge in [0.25, 0.3) is 0 Å². The average Bonchev–Trinajstić information content (AvgIpc) is 2.63. The van der Waals surface area contributed by atoms with Crippen LogP contribution in [-0.2, 0) is 0 Å². The first-order chi connectivity index (χ1) is 12.2. The highest BCUT2D eigenvalue weighted by atomic mass is 16.2. The average molecular weight is 335 g/mol. The molecule has 4 heteroatoms. The van der Waals surface area contributed by atoms with Gasteiger partial charge in [-0.05, 0) is 62.1 Å². The summed E-state index contributed by atoms with van der Waals surface area (Å²) in [6.45, 7) is 4.29.